The minimum absolute atomic E-state index is 0.606. The van der Waals surface area contributed by atoms with Crippen LogP contribution >= 0.6 is 0 Å². The number of benzene rings is 7. The zero-order valence-corrected chi connectivity index (χ0v) is 23.0. The first-order valence-electron chi connectivity index (χ1n) is 14.4. The fourth-order valence-corrected chi connectivity index (χ4v) is 6.19. The Morgan fingerprint density at radius 2 is 0.837 bits per heavy atom. The average molecular weight is 550 g/mol. The van der Waals surface area contributed by atoms with Crippen LogP contribution in [0.25, 0.3) is 77.6 Å². The number of ether oxygens (including phenoxy) is 1. The summed E-state index contributed by atoms with van der Waals surface area (Å²) >= 11 is 0. The van der Waals surface area contributed by atoms with Gasteiger partial charge in [0, 0.05) is 32.8 Å². The molecule has 4 heteroatoms. The molecule has 0 saturated heterocycles. The molecule has 43 heavy (non-hydrogen) atoms. The van der Waals surface area contributed by atoms with Gasteiger partial charge in [-0.2, -0.15) is 0 Å². The molecule has 1 aliphatic heterocycles. The molecule has 0 aliphatic carbocycles. The van der Waals surface area contributed by atoms with Crippen LogP contribution in [0.3, 0.4) is 0 Å². The van der Waals surface area contributed by atoms with Crippen LogP contribution in [0.4, 0.5) is 0 Å². The zero-order valence-electron chi connectivity index (χ0n) is 23.0. The van der Waals surface area contributed by atoms with Crippen molar-refractivity contribution in [3.05, 3.63) is 140 Å². The third-order valence-electron chi connectivity index (χ3n) is 8.26. The van der Waals surface area contributed by atoms with Crippen molar-refractivity contribution in [2.24, 2.45) is 0 Å². The van der Waals surface area contributed by atoms with Crippen molar-refractivity contribution in [2.45, 2.75) is 0 Å². The average Bonchev–Trinajstić information content (AvgIpc) is 3.08. The molecule has 8 aromatic rings. The second kappa shape index (κ2) is 9.33. The van der Waals surface area contributed by atoms with E-state index in [0.717, 1.165) is 44.5 Å². The molecule has 0 N–H and O–H groups in total. The smallest absolute Gasteiger partial charge is 0.164 e. The summed E-state index contributed by atoms with van der Waals surface area (Å²) in [5.41, 5.74) is 5.08. The van der Waals surface area contributed by atoms with Crippen LogP contribution in [-0.2, 0) is 0 Å². The molecule has 200 valence electrons. The topological polar surface area (TPSA) is 47.9 Å². The lowest BCUT2D eigenvalue weighted by Gasteiger charge is -2.21. The lowest BCUT2D eigenvalue weighted by Crippen LogP contribution is -2.01. The molecule has 0 atom stereocenters. The van der Waals surface area contributed by atoms with Crippen LogP contribution in [-0.4, -0.2) is 15.0 Å². The highest BCUT2D eigenvalue weighted by molar-refractivity contribution is 6.25. The van der Waals surface area contributed by atoms with Crippen molar-refractivity contribution in [2.75, 3.05) is 0 Å². The van der Waals surface area contributed by atoms with Gasteiger partial charge < -0.3 is 4.74 Å². The van der Waals surface area contributed by atoms with Gasteiger partial charge in [-0.25, -0.2) is 15.0 Å². The summed E-state index contributed by atoms with van der Waals surface area (Å²) in [5.74, 6) is 3.56. The van der Waals surface area contributed by atoms with E-state index in [1.807, 2.05) is 48.5 Å². The quantitative estimate of drug-likeness (QED) is 0.205. The summed E-state index contributed by atoms with van der Waals surface area (Å²) in [6.07, 6.45) is 0. The van der Waals surface area contributed by atoms with Gasteiger partial charge in [0.05, 0.1) is 0 Å². The fourth-order valence-electron chi connectivity index (χ4n) is 6.19. The summed E-state index contributed by atoms with van der Waals surface area (Å²) in [5, 5.41) is 7.01. The number of hydrogen-bond acceptors (Lipinski definition) is 4. The van der Waals surface area contributed by atoms with Crippen molar-refractivity contribution in [3.8, 4) is 56.8 Å². The van der Waals surface area contributed by atoms with Gasteiger partial charge >= 0.3 is 0 Å². The summed E-state index contributed by atoms with van der Waals surface area (Å²) in [6.45, 7) is 0. The predicted octanol–water partition coefficient (Wildman–Crippen LogP) is 10.1. The molecule has 1 aromatic heterocycles. The van der Waals surface area contributed by atoms with Gasteiger partial charge in [0.1, 0.15) is 11.5 Å². The zero-order chi connectivity index (χ0) is 28.3. The second-order valence-corrected chi connectivity index (χ2v) is 10.9. The highest BCUT2D eigenvalue weighted by Gasteiger charge is 2.21. The maximum atomic E-state index is 6.56. The molecule has 0 radical (unpaired) electrons. The molecule has 0 spiro atoms. The van der Waals surface area contributed by atoms with Gasteiger partial charge in [-0.15, -0.1) is 0 Å². The first-order valence-corrected chi connectivity index (χ1v) is 14.4. The SMILES string of the molecule is c1ccc(-c2ccc(-c3nc(-c4ccccc4)nc(-c4cc5c6c(ccc7ccc8cccc(c8c76)O5)c4)n3)cc2)cc1. The number of rotatable bonds is 4. The van der Waals surface area contributed by atoms with E-state index in [-0.39, 0.29) is 0 Å². The summed E-state index contributed by atoms with van der Waals surface area (Å²) in [7, 11) is 0. The largest absolute Gasteiger partial charge is 0.456 e. The van der Waals surface area contributed by atoms with E-state index < -0.39 is 0 Å². The van der Waals surface area contributed by atoms with Gasteiger partial charge in [-0.1, -0.05) is 121 Å². The first-order chi connectivity index (χ1) is 21.3. The Morgan fingerprint density at radius 3 is 1.53 bits per heavy atom. The molecular formula is C39H23N3O. The highest BCUT2D eigenvalue weighted by atomic mass is 16.5. The third-order valence-corrected chi connectivity index (χ3v) is 8.26. The molecule has 1 aliphatic rings. The Balaban J connectivity index is 1.23. The van der Waals surface area contributed by atoms with Crippen LogP contribution in [0.5, 0.6) is 11.5 Å². The van der Waals surface area contributed by atoms with Gasteiger partial charge in [0.2, 0.25) is 0 Å². The van der Waals surface area contributed by atoms with Gasteiger partial charge in [-0.3, -0.25) is 0 Å². The maximum Gasteiger partial charge on any atom is 0.164 e. The minimum atomic E-state index is 0.606. The Bertz CT molecular complexity index is 2350. The van der Waals surface area contributed by atoms with E-state index in [1.165, 1.54) is 27.1 Å². The third kappa shape index (κ3) is 3.88. The number of aromatic nitrogens is 3. The van der Waals surface area contributed by atoms with Crippen LogP contribution < -0.4 is 4.74 Å². The van der Waals surface area contributed by atoms with Gasteiger partial charge in [0.15, 0.2) is 17.5 Å². The van der Waals surface area contributed by atoms with Crippen LogP contribution in [0.1, 0.15) is 0 Å². The van der Waals surface area contributed by atoms with E-state index in [0.29, 0.717) is 17.5 Å². The summed E-state index contributed by atoms with van der Waals surface area (Å²) in [6, 6.07) is 48.0. The van der Waals surface area contributed by atoms with Crippen LogP contribution in [0, 0.1) is 0 Å². The predicted molar refractivity (Wildman–Crippen MR) is 174 cm³/mol. The van der Waals surface area contributed by atoms with Crippen molar-refractivity contribution in [3.63, 3.8) is 0 Å². The molecule has 2 heterocycles. The number of nitrogens with zero attached hydrogens (tertiary/aromatic N) is 3. The Kier molecular flexibility index (Phi) is 5.16. The summed E-state index contributed by atoms with van der Waals surface area (Å²) in [4.78, 5) is 14.9. The van der Waals surface area contributed by atoms with E-state index >= 15 is 0 Å². The molecule has 9 rings (SSSR count). The highest BCUT2D eigenvalue weighted by Crippen LogP contribution is 2.48. The lowest BCUT2D eigenvalue weighted by atomic mass is 9.92. The van der Waals surface area contributed by atoms with Gasteiger partial charge in [0.25, 0.3) is 0 Å². The monoisotopic (exact) mass is 549 g/mol. The standard InChI is InChI=1S/C39H23N3O/c1-3-8-24(9-4-1)25-14-19-29(20-15-25)38-40-37(28-10-5-2-6-11-28)41-39(42-38)31-22-30-21-18-27-17-16-26-12-7-13-32-34(26)36(27)35(30)33(23-31)43-32/h1-23H. The molecule has 0 bridgehead atoms. The van der Waals surface area contributed by atoms with Crippen LogP contribution in [0.2, 0.25) is 0 Å². The Labute approximate surface area is 247 Å². The Hall–Kier alpha value is -5.87. The summed E-state index contributed by atoms with van der Waals surface area (Å²) < 4.78 is 6.56. The number of hydrogen-bond donors (Lipinski definition) is 0. The van der Waals surface area contributed by atoms with E-state index in [9.17, 15) is 0 Å². The van der Waals surface area contributed by atoms with Crippen molar-refractivity contribution in [1.82, 2.24) is 15.0 Å². The van der Waals surface area contributed by atoms with Crippen LogP contribution in [0.15, 0.2) is 140 Å². The molecular weight excluding hydrogens is 526 g/mol. The van der Waals surface area contributed by atoms with E-state index in [2.05, 4.69) is 91.0 Å². The normalized spacial score (nSPS) is 11.9. The lowest BCUT2D eigenvalue weighted by molar-refractivity contribution is 0.493. The van der Waals surface area contributed by atoms with Crippen molar-refractivity contribution < 1.29 is 4.74 Å². The molecule has 0 saturated carbocycles. The maximum absolute atomic E-state index is 6.56. The molecule has 7 aromatic carbocycles. The molecule has 4 nitrogen and oxygen atoms in total. The molecule has 0 fully saturated rings. The van der Waals surface area contributed by atoms with E-state index in [1.54, 1.807) is 0 Å². The fraction of sp³-hybridized carbons (Fsp3) is 0. The molecule has 0 amide bonds. The first kappa shape index (κ1) is 23.8. The van der Waals surface area contributed by atoms with E-state index in [4.69, 9.17) is 19.7 Å². The Morgan fingerprint density at radius 1 is 0.326 bits per heavy atom. The van der Waals surface area contributed by atoms with Crippen molar-refractivity contribution >= 4 is 32.3 Å². The molecule has 0 unspecified atom stereocenters. The second-order valence-electron chi connectivity index (χ2n) is 10.9. The van der Waals surface area contributed by atoms with Gasteiger partial charge in [-0.05, 0) is 45.5 Å². The van der Waals surface area contributed by atoms with Crippen molar-refractivity contribution in [1.29, 1.82) is 0 Å². The minimum Gasteiger partial charge on any atom is -0.456 e.